The summed E-state index contributed by atoms with van der Waals surface area (Å²) in [6.45, 7) is 2.44. The topological polar surface area (TPSA) is 52.7 Å². The molecule has 0 aromatic heterocycles. The number of nitrogens with one attached hydrogen (secondary N) is 1. The molecule has 28 heavy (non-hydrogen) atoms. The van der Waals surface area contributed by atoms with E-state index in [4.69, 9.17) is 0 Å². The lowest BCUT2D eigenvalue weighted by Crippen LogP contribution is -2.39. The van der Waals surface area contributed by atoms with Gasteiger partial charge in [-0.3, -0.25) is 4.79 Å². The lowest BCUT2D eigenvalue weighted by Gasteiger charge is -2.27. The first-order valence-electron chi connectivity index (χ1n) is 11.2. The van der Waals surface area contributed by atoms with Gasteiger partial charge in [-0.05, 0) is 86.5 Å². The van der Waals surface area contributed by atoms with Crippen LogP contribution in [0.5, 0.6) is 0 Å². The molecule has 5 nitrogen and oxygen atoms in total. The summed E-state index contributed by atoms with van der Waals surface area (Å²) in [6.07, 6.45) is 11.5. The number of urea groups is 1. The number of amides is 3. The van der Waals surface area contributed by atoms with E-state index < -0.39 is 0 Å². The molecule has 2 saturated heterocycles. The molecule has 5 heteroatoms. The quantitative estimate of drug-likeness (QED) is 0.850. The highest BCUT2D eigenvalue weighted by molar-refractivity contribution is 5.92. The molecule has 0 bridgehead atoms. The maximum atomic E-state index is 13.1. The van der Waals surface area contributed by atoms with E-state index in [1.54, 1.807) is 0 Å². The Morgan fingerprint density at radius 2 is 1.61 bits per heavy atom. The Bertz CT molecular complexity index is 771. The minimum Gasteiger partial charge on any atom is -0.340 e. The molecule has 150 valence electrons. The Morgan fingerprint density at radius 1 is 0.857 bits per heavy atom. The predicted molar refractivity (Wildman–Crippen MR) is 110 cm³/mol. The van der Waals surface area contributed by atoms with E-state index in [1.807, 2.05) is 4.90 Å². The van der Waals surface area contributed by atoms with Gasteiger partial charge in [0.2, 0.25) is 5.91 Å². The lowest BCUT2D eigenvalue weighted by atomic mass is 9.99. The summed E-state index contributed by atoms with van der Waals surface area (Å²) < 4.78 is 0. The lowest BCUT2D eigenvalue weighted by molar-refractivity contribution is -0.129. The normalized spacial score (nSPS) is 24.3. The van der Waals surface area contributed by atoms with Crippen LogP contribution in [-0.4, -0.2) is 47.4 Å². The van der Waals surface area contributed by atoms with Crippen LogP contribution in [-0.2, 0) is 30.5 Å². The van der Waals surface area contributed by atoms with E-state index in [1.165, 1.54) is 35.1 Å². The van der Waals surface area contributed by atoms with Crippen LogP contribution in [0.15, 0.2) is 6.07 Å². The van der Waals surface area contributed by atoms with Crippen LogP contribution in [0.2, 0.25) is 0 Å². The average Bonchev–Trinajstić information content (AvgIpc) is 3.40. The summed E-state index contributed by atoms with van der Waals surface area (Å²) >= 11 is 0. The SMILES string of the molecule is O=C(Nc1c2c(cc3c1CCC3)CCC2)N1CCCC(N2CCCC2=O)CC1. The molecule has 2 fully saturated rings. The van der Waals surface area contributed by atoms with Gasteiger partial charge in [-0.2, -0.15) is 0 Å². The molecule has 0 saturated carbocycles. The van der Waals surface area contributed by atoms with Gasteiger partial charge in [-0.15, -0.1) is 0 Å². The number of carbonyl (C=O) groups excluding carboxylic acids is 2. The summed E-state index contributed by atoms with van der Waals surface area (Å²) in [6, 6.07) is 2.78. The van der Waals surface area contributed by atoms with E-state index >= 15 is 0 Å². The van der Waals surface area contributed by atoms with Crippen LogP contribution < -0.4 is 5.32 Å². The minimum atomic E-state index is 0.0581. The first-order valence-corrected chi connectivity index (χ1v) is 11.2. The van der Waals surface area contributed by atoms with Crippen molar-refractivity contribution >= 4 is 17.6 Å². The predicted octanol–water partition coefficient (Wildman–Crippen LogP) is 3.67. The van der Waals surface area contributed by atoms with Crippen LogP contribution in [0.4, 0.5) is 10.5 Å². The van der Waals surface area contributed by atoms with Crippen molar-refractivity contribution in [1.29, 1.82) is 0 Å². The number of benzene rings is 1. The zero-order chi connectivity index (χ0) is 19.1. The van der Waals surface area contributed by atoms with Gasteiger partial charge in [0, 0.05) is 37.8 Å². The van der Waals surface area contributed by atoms with Crippen molar-refractivity contribution in [2.45, 2.75) is 76.7 Å². The van der Waals surface area contributed by atoms with Gasteiger partial charge in [0.1, 0.15) is 0 Å². The number of hydrogen-bond donors (Lipinski definition) is 1. The van der Waals surface area contributed by atoms with E-state index in [0.717, 1.165) is 76.7 Å². The highest BCUT2D eigenvalue weighted by Gasteiger charge is 2.31. The van der Waals surface area contributed by atoms with Crippen molar-refractivity contribution in [3.05, 3.63) is 28.3 Å². The van der Waals surface area contributed by atoms with Gasteiger partial charge in [0.25, 0.3) is 0 Å². The van der Waals surface area contributed by atoms with Gasteiger partial charge < -0.3 is 15.1 Å². The third-order valence-corrected chi connectivity index (χ3v) is 7.24. The highest BCUT2D eigenvalue weighted by atomic mass is 16.2. The maximum Gasteiger partial charge on any atom is 0.321 e. The third-order valence-electron chi connectivity index (χ3n) is 7.24. The summed E-state index contributed by atoms with van der Waals surface area (Å²) in [4.78, 5) is 29.3. The molecule has 1 atom stereocenters. The summed E-state index contributed by atoms with van der Waals surface area (Å²) in [5.41, 5.74) is 6.84. The first kappa shape index (κ1) is 18.0. The molecule has 1 N–H and O–H groups in total. The number of fused-ring (bicyclic) bond motifs is 2. The van der Waals surface area contributed by atoms with E-state index in [2.05, 4.69) is 16.3 Å². The number of hydrogen-bond acceptors (Lipinski definition) is 2. The van der Waals surface area contributed by atoms with E-state index in [-0.39, 0.29) is 6.03 Å². The summed E-state index contributed by atoms with van der Waals surface area (Å²) in [5.74, 6) is 0.304. The molecule has 2 heterocycles. The van der Waals surface area contributed by atoms with Gasteiger partial charge in [0.05, 0.1) is 0 Å². The number of carbonyl (C=O) groups is 2. The summed E-state index contributed by atoms with van der Waals surface area (Å²) in [5, 5.41) is 3.34. The van der Waals surface area contributed by atoms with Crippen LogP contribution in [0.25, 0.3) is 0 Å². The van der Waals surface area contributed by atoms with E-state index in [0.29, 0.717) is 18.4 Å². The Balaban J connectivity index is 1.30. The highest BCUT2D eigenvalue weighted by Crippen LogP contribution is 2.38. The number of likely N-dealkylation sites (tertiary alicyclic amines) is 2. The smallest absolute Gasteiger partial charge is 0.321 e. The van der Waals surface area contributed by atoms with Crippen molar-refractivity contribution < 1.29 is 9.59 Å². The second kappa shape index (κ2) is 7.41. The van der Waals surface area contributed by atoms with Crippen LogP contribution in [0.1, 0.15) is 67.2 Å². The average molecular weight is 382 g/mol. The molecule has 3 amide bonds. The molecule has 2 aliphatic carbocycles. The standard InChI is InChI=1S/C23H31N3O2/c27-21-10-4-13-26(21)18-7-3-12-25(14-11-18)23(28)24-22-19-8-1-5-16(19)15-17-6-2-9-20(17)22/h15,18H,1-14H2,(H,24,28). The van der Waals surface area contributed by atoms with E-state index in [9.17, 15) is 9.59 Å². The van der Waals surface area contributed by atoms with Gasteiger partial charge in [-0.1, -0.05) is 6.07 Å². The Hall–Kier alpha value is -2.04. The van der Waals surface area contributed by atoms with Crippen molar-refractivity contribution in [2.24, 2.45) is 0 Å². The zero-order valence-corrected chi connectivity index (χ0v) is 16.8. The summed E-state index contributed by atoms with van der Waals surface area (Å²) in [7, 11) is 0. The van der Waals surface area contributed by atoms with Gasteiger partial charge >= 0.3 is 6.03 Å². The molecule has 0 spiro atoms. The van der Waals surface area contributed by atoms with Gasteiger partial charge in [-0.25, -0.2) is 4.79 Å². The minimum absolute atomic E-state index is 0.0581. The monoisotopic (exact) mass is 381 g/mol. The second-order valence-electron chi connectivity index (χ2n) is 8.93. The van der Waals surface area contributed by atoms with Crippen molar-refractivity contribution in [3.63, 3.8) is 0 Å². The molecule has 2 aliphatic heterocycles. The van der Waals surface area contributed by atoms with Crippen LogP contribution in [0, 0.1) is 0 Å². The first-order chi connectivity index (χ1) is 13.7. The second-order valence-corrected chi connectivity index (χ2v) is 8.93. The van der Waals surface area contributed by atoms with Gasteiger partial charge in [0.15, 0.2) is 0 Å². The molecule has 0 radical (unpaired) electrons. The molecular weight excluding hydrogens is 350 g/mol. The third kappa shape index (κ3) is 3.19. The van der Waals surface area contributed by atoms with Crippen LogP contribution >= 0.6 is 0 Å². The van der Waals surface area contributed by atoms with Crippen molar-refractivity contribution in [1.82, 2.24) is 9.80 Å². The molecule has 1 unspecified atom stereocenters. The maximum absolute atomic E-state index is 13.1. The fourth-order valence-electron chi connectivity index (χ4n) is 5.80. The number of aryl methyl sites for hydroxylation is 2. The molecule has 1 aromatic rings. The van der Waals surface area contributed by atoms with Crippen molar-refractivity contribution in [2.75, 3.05) is 25.0 Å². The molecule has 4 aliphatic rings. The number of anilines is 1. The fourth-order valence-corrected chi connectivity index (χ4v) is 5.80. The fraction of sp³-hybridized carbons (Fsp3) is 0.652. The molecule has 5 rings (SSSR count). The van der Waals surface area contributed by atoms with Crippen LogP contribution in [0.3, 0.4) is 0 Å². The Morgan fingerprint density at radius 3 is 2.29 bits per heavy atom. The number of nitrogens with zero attached hydrogens (tertiary/aromatic N) is 2. The molecule has 1 aromatic carbocycles. The Kier molecular flexibility index (Phi) is 4.77. The number of rotatable bonds is 2. The largest absolute Gasteiger partial charge is 0.340 e. The Labute approximate surface area is 167 Å². The molecular formula is C23H31N3O2. The van der Waals surface area contributed by atoms with Crippen molar-refractivity contribution in [3.8, 4) is 0 Å². The zero-order valence-electron chi connectivity index (χ0n) is 16.8.